The van der Waals surface area contributed by atoms with E-state index in [4.69, 9.17) is 0 Å². The van der Waals surface area contributed by atoms with Crippen molar-refractivity contribution >= 4 is 24.0 Å². The van der Waals surface area contributed by atoms with E-state index in [0.717, 1.165) is 38.4 Å². The zero-order chi connectivity index (χ0) is 13.1. The number of pyridine rings is 1. The first-order chi connectivity index (χ1) is 9.33. The van der Waals surface area contributed by atoms with Crippen molar-refractivity contribution in [1.82, 2.24) is 15.6 Å². The number of halogens is 1. The highest BCUT2D eigenvalue weighted by atomic mass is 35.5. The van der Waals surface area contributed by atoms with Crippen molar-refractivity contribution < 1.29 is 4.79 Å². The Hall–Kier alpha value is -1.33. The van der Waals surface area contributed by atoms with Crippen LogP contribution in [0.15, 0.2) is 18.3 Å². The zero-order valence-corrected chi connectivity index (χ0v) is 12.3. The fraction of sp³-hybridized carbons (Fsp3) is 0.571. The van der Waals surface area contributed by atoms with Gasteiger partial charge in [0.15, 0.2) is 0 Å². The summed E-state index contributed by atoms with van der Waals surface area (Å²) in [5, 5.41) is 6.26. The van der Waals surface area contributed by atoms with Gasteiger partial charge in [-0.25, -0.2) is 4.98 Å². The fourth-order valence-electron chi connectivity index (χ4n) is 2.28. The van der Waals surface area contributed by atoms with E-state index in [9.17, 15) is 4.79 Å². The Morgan fingerprint density at radius 2 is 2.10 bits per heavy atom. The number of nitrogens with one attached hydrogen (secondary N) is 2. The van der Waals surface area contributed by atoms with Gasteiger partial charge in [0.1, 0.15) is 5.69 Å². The molecule has 3 rings (SSSR count). The van der Waals surface area contributed by atoms with Gasteiger partial charge in [0.2, 0.25) is 0 Å². The van der Waals surface area contributed by atoms with Crippen LogP contribution < -0.4 is 15.5 Å². The van der Waals surface area contributed by atoms with Gasteiger partial charge in [-0.3, -0.25) is 4.79 Å². The topological polar surface area (TPSA) is 57.3 Å². The van der Waals surface area contributed by atoms with Crippen LogP contribution in [0.5, 0.6) is 0 Å². The Morgan fingerprint density at radius 3 is 2.70 bits per heavy atom. The first-order valence-corrected chi connectivity index (χ1v) is 7.03. The van der Waals surface area contributed by atoms with Gasteiger partial charge in [0.25, 0.3) is 5.91 Å². The summed E-state index contributed by atoms with van der Waals surface area (Å²) in [7, 11) is 0. The fourth-order valence-corrected chi connectivity index (χ4v) is 2.28. The van der Waals surface area contributed by atoms with E-state index in [-0.39, 0.29) is 18.3 Å². The van der Waals surface area contributed by atoms with Crippen LogP contribution >= 0.6 is 12.4 Å². The van der Waals surface area contributed by atoms with Crippen molar-refractivity contribution in [1.29, 1.82) is 0 Å². The predicted octanol–water partition coefficient (Wildman–Crippen LogP) is 1.05. The van der Waals surface area contributed by atoms with Crippen LogP contribution in [0, 0.1) is 5.92 Å². The van der Waals surface area contributed by atoms with Gasteiger partial charge >= 0.3 is 0 Å². The molecule has 0 aromatic carbocycles. The summed E-state index contributed by atoms with van der Waals surface area (Å²) in [6, 6.07) is 3.81. The minimum atomic E-state index is -0.0567. The van der Waals surface area contributed by atoms with Crippen molar-refractivity contribution in [2.45, 2.75) is 12.8 Å². The molecule has 1 aliphatic carbocycles. The van der Waals surface area contributed by atoms with Crippen molar-refractivity contribution in [3.63, 3.8) is 0 Å². The molecule has 5 nitrogen and oxygen atoms in total. The standard InChI is InChI=1S/C14H20N4O.ClH/c19-14(17-9-11-1-2-11)13-4-3-12(10-16-13)18-7-5-15-6-8-18;/h3-4,10-11,15H,1-2,5-9H2,(H,17,19);1H. The van der Waals surface area contributed by atoms with Crippen molar-refractivity contribution in [2.75, 3.05) is 37.6 Å². The molecule has 1 saturated carbocycles. The lowest BCUT2D eigenvalue weighted by Crippen LogP contribution is -2.43. The molecule has 0 atom stereocenters. The summed E-state index contributed by atoms with van der Waals surface area (Å²) in [5.74, 6) is 0.642. The lowest BCUT2D eigenvalue weighted by molar-refractivity contribution is 0.0947. The molecule has 1 aliphatic heterocycles. The number of rotatable bonds is 4. The number of anilines is 1. The van der Waals surface area contributed by atoms with Crippen LogP contribution in [0.4, 0.5) is 5.69 Å². The average Bonchev–Trinajstić information content (AvgIpc) is 3.30. The Labute approximate surface area is 125 Å². The van der Waals surface area contributed by atoms with Gasteiger partial charge < -0.3 is 15.5 Å². The third kappa shape index (κ3) is 3.84. The van der Waals surface area contributed by atoms with E-state index >= 15 is 0 Å². The second kappa shape index (κ2) is 6.90. The first kappa shape index (κ1) is 15.1. The average molecular weight is 297 g/mol. The predicted molar refractivity (Wildman–Crippen MR) is 81.6 cm³/mol. The monoisotopic (exact) mass is 296 g/mol. The van der Waals surface area contributed by atoms with Gasteiger partial charge in [-0.15, -0.1) is 12.4 Å². The highest BCUT2D eigenvalue weighted by molar-refractivity contribution is 5.92. The highest BCUT2D eigenvalue weighted by Gasteiger charge is 2.22. The largest absolute Gasteiger partial charge is 0.368 e. The van der Waals surface area contributed by atoms with Crippen LogP contribution in [0.25, 0.3) is 0 Å². The zero-order valence-electron chi connectivity index (χ0n) is 11.5. The van der Waals surface area contributed by atoms with Crippen LogP contribution in [0.3, 0.4) is 0 Å². The summed E-state index contributed by atoms with van der Waals surface area (Å²) in [6.07, 6.45) is 4.29. The third-order valence-electron chi connectivity index (χ3n) is 3.71. The van der Waals surface area contributed by atoms with E-state index in [1.165, 1.54) is 12.8 Å². The maximum atomic E-state index is 11.9. The molecule has 2 N–H and O–H groups in total. The highest BCUT2D eigenvalue weighted by Crippen LogP contribution is 2.27. The molecule has 6 heteroatoms. The van der Waals surface area contributed by atoms with Crippen LogP contribution in [-0.4, -0.2) is 43.6 Å². The lowest BCUT2D eigenvalue weighted by atomic mass is 10.2. The molecule has 2 heterocycles. The maximum Gasteiger partial charge on any atom is 0.269 e. The van der Waals surface area contributed by atoms with Crippen LogP contribution in [0.1, 0.15) is 23.3 Å². The molecule has 1 aromatic rings. The molecule has 2 fully saturated rings. The molecule has 0 bridgehead atoms. The number of amides is 1. The van der Waals surface area contributed by atoms with Gasteiger partial charge in [0, 0.05) is 32.7 Å². The second-order valence-electron chi connectivity index (χ2n) is 5.29. The summed E-state index contributed by atoms with van der Waals surface area (Å²) >= 11 is 0. The Balaban J connectivity index is 0.00000147. The van der Waals surface area contributed by atoms with E-state index in [0.29, 0.717) is 11.6 Å². The minimum Gasteiger partial charge on any atom is -0.368 e. The first-order valence-electron chi connectivity index (χ1n) is 7.03. The summed E-state index contributed by atoms with van der Waals surface area (Å²) in [5.41, 5.74) is 1.61. The molecule has 1 saturated heterocycles. The minimum absolute atomic E-state index is 0. The summed E-state index contributed by atoms with van der Waals surface area (Å²) in [4.78, 5) is 18.4. The molecule has 1 amide bonds. The Bertz CT molecular complexity index is 441. The number of hydrogen-bond acceptors (Lipinski definition) is 4. The number of carbonyl (C=O) groups is 1. The molecule has 110 valence electrons. The summed E-state index contributed by atoms with van der Waals surface area (Å²) in [6.45, 7) is 4.79. The number of nitrogens with zero attached hydrogens (tertiary/aromatic N) is 2. The van der Waals surface area contributed by atoms with E-state index in [1.807, 2.05) is 12.1 Å². The molecule has 0 spiro atoms. The number of aromatic nitrogens is 1. The van der Waals surface area contributed by atoms with Crippen molar-refractivity contribution in [3.05, 3.63) is 24.0 Å². The molecule has 1 aromatic heterocycles. The molecule has 0 radical (unpaired) electrons. The van der Waals surface area contributed by atoms with Gasteiger partial charge in [0.05, 0.1) is 11.9 Å². The molecule has 0 unspecified atom stereocenters. The van der Waals surface area contributed by atoms with Crippen molar-refractivity contribution in [3.8, 4) is 0 Å². The number of piperazine rings is 1. The van der Waals surface area contributed by atoms with E-state index < -0.39 is 0 Å². The maximum absolute atomic E-state index is 11.9. The third-order valence-corrected chi connectivity index (χ3v) is 3.71. The van der Waals surface area contributed by atoms with Crippen LogP contribution in [-0.2, 0) is 0 Å². The molecule has 2 aliphatic rings. The lowest BCUT2D eigenvalue weighted by Gasteiger charge is -2.29. The van der Waals surface area contributed by atoms with E-state index in [1.54, 1.807) is 6.20 Å². The van der Waals surface area contributed by atoms with Gasteiger partial charge in [-0.1, -0.05) is 0 Å². The Morgan fingerprint density at radius 1 is 1.35 bits per heavy atom. The molecular weight excluding hydrogens is 276 g/mol. The molecular formula is C14H21ClN4O. The number of hydrogen-bond donors (Lipinski definition) is 2. The van der Waals surface area contributed by atoms with Gasteiger partial charge in [-0.05, 0) is 30.9 Å². The van der Waals surface area contributed by atoms with Gasteiger partial charge in [-0.2, -0.15) is 0 Å². The second-order valence-corrected chi connectivity index (χ2v) is 5.29. The van der Waals surface area contributed by atoms with Crippen LogP contribution in [0.2, 0.25) is 0 Å². The molecule has 20 heavy (non-hydrogen) atoms. The van der Waals surface area contributed by atoms with E-state index in [2.05, 4.69) is 20.5 Å². The number of carbonyl (C=O) groups excluding carboxylic acids is 1. The summed E-state index contributed by atoms with van der Waals surface area (Å²) < 4.78 is 0. The van der Waals surface area contributed by atoms with Crippen molar-refractivity contribution in [2.24, 2.45) is 5.92 Å². The Kier molecular flexibility index (Phi) is 5.20. The smallest absolute Gasteiger partial charge is 0.269 e. The SMILES string of the molecule is Cl.O=C(NCC1CC1)c1ccc(N2CCNCC2)cn1. The quantitative estimate of drug-likeness (QED) is 0.872. The normalized spacial score (nSPS) is 18.3.